The average molecular weight is 238 g/mol. The zero-order valence-electron chi connectivity index (χ0n) is 8.13. The summed E-state index contributed by atoms with van der Waals surface area (Å²) in [6.07, 6.45) is 0. The first-order chi connectivity index (χ1) is 6.04. The summed E-state index contributed by atoms with van der Waals surface area (Å²) in [5.41, 5.74) is 6.30. The molecule has 1 rings (SSSR count). The minimum absolute atomic E-state index is 0. The maximum atomic E-state index is 13.4. The van der Waals surface area contributed by atoms with E-state index in [0.717, 1.165) is 0 Å². The van der Waals surface area contributed by atoms with Crippen LogP contribution in [0.1, 0.15) is 25.5 Å². The molecule has 0 amide bonds. The van der Waals surface area contributed by atoms with Crippen molar-refractivity contribution in [3.8, 4) is 0 Å². The largest absolute Gasteiger partial charge is 0.324 e. The van der Waals surface area contributed by atoms with E-state index in [1.165, 1.54) is 6.07 Å². The van der Waals surface area contributed by atoms with Crippen LogP contribution >= 0.6 is 24.0 Å². The quantitative estimate of drug-likeness (QED) is 0.837. The molecule has 14 heavy (non-hydrogen) atoms. The molecule has 1 aromatic carbocycles. The number of hydrogen-bond donors (Lipinski definition) is 1. The van der Waals surface area contributed by atoms with Crippen molar-refractivity contribution in [2.24, 2.45) is 11.7 Å². The Morgan fingerprint density at radius 1 is 1.36 bits per heavy atom. The molecule has 1 nitrogen and oxygen atoms in total. The van der Waals surface area contributed by atoms with Crippen molar-refractivity contribution in [2.75, 3.05) is 0 Å². The molecule has 2 N–H and O–H groups in total. The first kappa shape index (κ1) is 13.7. The van der Waals surface area contributed by atoms with E-state index >= 15 is 0 Å². The highest BCUT2D eigenvalue weighted by Gasteiger charge is 2.16. The van der Waals surface area contributed by atoms with E-state index in [1.54, 1.807) is 12.1 Å². The van der Waals surface area contributed by atoms with Gasteiger partial charge in [0.1, 0.15) is 5.82 Å². The van der Waals surface area contributed by atoms with Gasteiger partial charge in [-0.05, 0) is 12.0 Å². The number of hydrogen-bond acceptors (Lipinski definition) is 1. The molecule has 1 unspecified atom stereocenters. The van der Waals surface area contributed by atoms with Gasteiger partial charge >= 0.3 is 0 Å². The molecule has 0 heterocycles. The SMILES string of the molecule is CC(C)C(N)c1cccc(Cl)c1F.Cl. The van der Waals surface area contributed by atoms with Crippen molar-refractivity contribution in [1.82, 2.24) is 0 Å². The van der Waals surface area contributed by atoms with Crippen molar-refractivity contribution in [3.05, 3.63) is 34.6 Å². The molecular formula is C10H14Cl2FN. The summed E-state index contributed by atoms with van der Waals surface area (Å²) in [5.74, 6) is -0.196. The van der Waals surface area contributed by atoms with E-state index in [9.17, 15) is 4.39 Å². The van der Waals surface area contributed by atoms with Gasteiger partial charge in [0.05, 0.1) is 5.02 Å². The Bertz CT molecular complexity index is 302. The topological polar surface area (TPSA) is 26.0 Å². The summed E-state index contributed by atoms with van der Waals surface area (Å²) < 4.78 is 13.4. The van der Waals surface area contributed by atoms with E-state index in [0.29, 0.717) is 5.56 Å². The van der Waals surface area contributed by atoms with Gasteiger partial charge in [0.2, 0.25) is 0 Å². The molecular weight excluding hydrogens is 224 g/mol. The van der Waals surface area contributed by atoms with Crippen molar-refractivity contribution in [1.29, 1.82) is 0 Å². The predicted octanol–water partition coefficient (Wildman–Crippen LogP) is 3.56. The van der Waals surface area contributed by atoms with Gasteiger partial charge in [0.15, 0.2) is 0 Å². The van der Waals surface area contributed by atoms with E-state index in [-0.39, 0.29) is 29.4 Å². The first-order valence-corrected chi connectivity index (χ1v) is 4.61. The second-order valence-electron chi connectivity index (χ2n) is 3.41. The van der Waals surface area contributed by atoms with Crippen LogP contribution in [0.2, 0.25) is 5.02 Å². The van der Waals surface area contributed by atoms with Gasteiger partial charge in [0.25, 0.3) is 0 Å². The standard InChI is InChI=1S/C10H13ClFN.ClH/c1-6(2)10(13)7-4-3-5-8(11)9(7)12;/h3-6,10H,13H2,1-2H3;1H. The molecule has 0 aliphatic heterocycles. The number of rotatable bonds is 2. The van der Waals surface area contributed by atoms with Crippen molar-refractivity contribution >= 4 is 24.0 Å². The molecule has 4 heteroatoms. The lowest BCUT2D eigenvalue weighted by atomic mass is 9.97. The molecule has 0 saturated carbocycles. The number of benzene rings is 1. The molecule has 0 radical (unpaired) electrons. The van der Waals surface area contributed by atoms with Crippen LogP contribution in [0.3, 0.4) is 0 Å². The minimum atomic E-state index is -0.398. The molecule has 0 aliphatic carbocycles. The van der Waals surface area contributed by atoms with Crippen LogP contribution in [-0.4, -0.2) is 0 Å². The fraction of sp³-hybridized carbons (Fsp3) is 0.400. The maximum Gasteiger partial charge on any atom is 0.146 e. The van der Waals surface area contributed by atoms with Gasteiger partial charge in [0, 0.05) is 11.6 Å². The van der Waals surface area contributed by atoms with Gasteiger partial charge in [-0.2, -0.15) is 0 Å². The Morgan fingerprint density at radius 3 is 2.43 bits per heavy atom. The molecule has 1 aromatic rings. The summed E-state index contributed by atoms with van der Waals surface area (Å²) in [6.45, 7) is 3.90. The fourth-order valence-corrected chi connectivity index (χ4v) is 1.32. The zero-order chi connectivity index (χ0) is 10.0. The lowest BCUT2D eigenvalue weighted by Crippen LogP contribution is -2.18. The summed E-state index contributed by atoms with van der Waals surface area (Å²) in [7, 11) is 0. The third kappa shape index (κ3) is 2.84. The van der Waals surface area contributed by atoms with Crippen LogP contribution in [0, 0.1) is 11.7 Å². The van der Waals surface area contributed by atoms with Gasteiger partial charge in [-0.3, -0.25) is 0 Å². The smallest absolute Gasteiger partial charge is 0.146 e. The first-order valence-electron chi connectivity index (χ1n) is 4.23. The van der Waals surface area contributed by atoms with Crippen LogP contribution in [0.15, 0.2) is 18.2 Å². The fourth-order valence-electron chi connectivity index (χ4n) is 1.14. The van der Waals surface area contributed by atoms with Gasteiger partial charge in [-0.15, -0.1) is 12.4 Å². The van der Waals surface area contributed by atoms with Gasteiger partial charge in [-0.1, -0.05) is 37.6 Å². The third-order valence-electron chi connectivity index (χ3n) is 2.06. The highest BCUT2D eigenvalue weighted by atomic mass is 35.5. The second-order valence-corrected chi connectivity index (χ2v) is 3.82. The monoisotopic (exact) mass is 237 g/mol. The van der Waals surface area contributed by atoms with Crippen LogP contribution in [0.5, 0.6) is 0 Å². The lowest BCUT2D eigenvalue weighted by molar-refractivity contribution is 0.485. The summed E-state index contributed by atoms with van der Waals surface area (Å²) >= 11 is 5.63. The van der Waals surface area contributed by atoms with E-state index < -0.39 is 5.82 Å². The molecule has 0 aromatic heterocycles. The van der Waals surface area contributed by atoms with Crippen LogP contribution in [0.25, 0.3) is 0 Å². The Kier molecular flexibility index (Phi) is 5.42. The van der Waals surface area contributed by atoms with Gasteiger partial charge in [-0.25, -0.2) is 4.39 Å². The highest BCUT2D eigenvalue weighted by molar-refractivity contribution is 6.30. The molecule has 0 bridgehead atoms. The van der Waals surface area contributed by atoms with E-state index in [2.05, 4.69) is 0 Å². The maximum absolute atomic E-state index is 13.4. The Hall–Kier alpha value is -0.310. The summed E-state index contributed by atoms with van der Waals surface area (Å²) in [4.78, 5) is 0. The van der Waals surface area contributed by atoms with E-state index in [4.69, 9.17) is 17.3 Å². The lowest BCUT2D eigenvalue weighted by Gasteiger charge is -2.16. The predicted molar refractivity (Wildman–Crippen MR) is 60.4 cm³/mol. The molecule has 0 saturated heterocycles. The van der Waals surface area contributed by atoms with Crippen LogP contribution in [0.4, 0.5) is 4.39 Å². The summed E-state index contributed by atoms with van der Waals surface area (Å²) in [6, 6.07) is 4.61. The van der Waals surface area contributed by atoms with Crippen molar-refractivity contribution < 1.29 is 4.39 Å². The number of halogens is 3. The third-order valence-corrected chi connectivity index (χ3v) is 2.35. The normalized spacial score (nSPS) is 12.4. The van der Waals surface area contributed by atoms with Crippen molar-refractivity contribution in [2.45, 2.75) is 19.9 Å². The number of nitrogens with two attached hydrogens (primary N) is 1. The summed E-state index contributed by atoms with van der Waals surface area (Å²) in [5, 5.41) is 0.133. The Balaban J connectivity index is 0.00000169. The molecule has 1 atom stereocenters. The molecule has 0 aliphatic rings. The minimum Gasteiger partial charge on any atom is -0.324 e. The van der Waals surface area contributed by atoms with Crippen LogP contribution < -0.4 is 5.73 Å². The molecule has 80 valence electrons. The Labute approximate surface area is 94.9 Å². The van der Waals surface area contributed by atoms with E-state index in [1.807, 2.05) is 13.8 Å². The highest BCUT2D eigenvalue weighted by Crippen LogP contribution is 2.25. The molecule has 0 fully saturated rings. The average Bonchev–Trinajstić information content (AvgIpc) is 2.08. The van der Waals surface area contributed by atoms with Crippen LogP contribution in [-0.2, 0) is 0 Å². The molecule has 0 spiro atoms. The zero-order valence-corrected chi connectivity index (χ0v) is 9.70. The second kappa shape index (κ2) is 5.54. The van der Waals surface area contributed by atoms with Crippen molar-refractivity contribution in [3.63, 3.8) is 0 Å². The van der Waals surface area contributed by atoms with Gasteiger partial charge < -0.3 is 5.73 Å². The Morgan fingerprint density at radius 2 is 1.93 bits per heavy atom.